The first-order valence-electron chi connectivity index (χ1n) is 7.22. The third-order valence-electron chi connectivity index (χ3n) is 4.72. The van der Waals surface area contributed by atoms with E-state index in [4.69, 9.17) is 0 Å². The summed E-state index contributed by atoms with van der Waals surface area (Å²) in [5.74, 6) is -2.42. The molecular weight excluding hydrogens is 332 g/mol. The van der Waals surface area contributed by atoms with E-state index in [0.717, 1.165) is 17.0 Å². The Kier molecular flexibility index (Phi) is 3.50. The van der Waals surface area contributed by atoms with Gasteiger partial charge in [-0.1, -0.05) is 13.0 Å². The summed E-state index contributed by atoms with van der Waals surface area (Å²) in [4.78, 5) is 24.6. The molecule has 1 aliphatic carbocycles. The Bertz CT molecular complexity index is 721. The van der Waals surface area contributed by atoms with Crippen LogP contribution >= 0.6 is 0 Å². The minimum Gasteiger partial charge on any atom is -0.465 e. The van der Waals surface area contributed by atoms with Crippen LogP contribution in [0.25, 0.3) is 0 Å². The molecule has 3 atom stereocenters. The van der Waals surface area contributed by atoms with Crippen molar-refractivity contribution in [2.75, 3.05) is 5.32 Å². The van der Waals surface area contributed by atoms with Crippen molar-refractivity contribution in [2.24, 2.45) is 5.41 Å². The highest BCUT2D eigenvalue weighted by atomic mass is 19.4. The van der Waals surface area contributed by atoms with Gasteiger partial charge < -0.3 is 10.4 Å². The lowest BCUT2D eigenvalue weighted by atomic mass is 10.0. The summed E-state index contributed by atoms with van der Waals surface area (Å²) >= 11 is 0. The van der Waals surface area contributed by atoms with Gasteiger partial charge in [0.1, 0.15) is 6.04 Å². The first kappa shape index (κ1) is 16.5. The van der Waals surface area contributed by atoms with Crippen LogP contribution < -0.4 is 5.32 Å². The number of nitrogens with one attached hydrogen (secondary N) is 1. The second-order valence-corrected chi connectivity index (χ2v) is 6.44. The van der Waals surface area contributed by atoms with E-state index in [1.165, 1.54) is 0 Å². The van der Waals surface area contributed by atoms with Crippen molar-refractivity contribution in [3.05, 3.63) is 29.6 Å². The smallest absolute Gasteiger partial charge is 0.419 e. The number of likely N-dealkylation sites (tertiary alicyclic amines) is 1. The fraction of sp³-hybridized carbons (Fsp3) is 0.467. The highest BCUT2D eigenvalue weighted by Gasteiger charge is 2.64. The van der Waals surface area contributed by atoms with Gasteiger partial charge in [0.05, 0.1) is 11.3 Å². The number of fused-ring (bicyclic) bond motifs is 1. The fourth-order valence-electron chi connectivity index (χ4n) is 3.34. The van der Waals surface area contributed by atoms with E-state index in [2.05, 4.69) is 5.32 Å². The molecule has 0 radical (unpaired) electrons. The minimum absolute atomic E-state index is 0.260. The number of halogens is 4. The van der Waals surface area contributed by atoms with Crippen molar-refractivity contribution in [2.45, 2.75) is 38.0 Å². The molecule has 2 amide bonds. The van der Waals surface area contributed by atoms with Crippen molar-refractivity contribution < 1.29 is 32.3 Å². The second kappa shape index (κ2) is 5.09. The van der Waals surface area contributed by atoms with Crippen LogP contribution in [-0.4, -0.2) is 34.1 Å². The molecule has 0 spiro atoms. The molecule has 2 fully saturated rings. The predicted molar refractivity (Wildman–Crippen MR) is 74.8 cm³/mol. The van der Waals surface area contributed by atoms with Gasteiger partial charge in [0.25, 0.3) is 0 Å². The molecule has 5 nitrogen and oxygen atoms in total. The Morgan fingerprint density at radius 3 is 2.58 bits per heavy atom. The number of alkyl halides is 3. The maximum atomic E-state index is 14.0. The van der Waals surface area contributed by atoms with E-state index in [1.54, 1.807) is 0 Å². The van der Waals surface area contributed by atoms with Crippen molar-refractivity contribution in [1.29, 1.82) is 0 Å². The quantitative estimate of drug-likeness (QED) is 0.807. The number of carboxylic acid groups (broad SMARTS) is 1. The van der Waals surface area contributed by atoms with Crippen LogP contribution in [0.15, 0.2) is 18.2 Å². The summed E-state index contributed by atoms with van der Waals surface area (Å²) in [6.07, 6.45) is -5.26. The summed E-state index contributed by atoms with van der Waals surface area (Å²) in [5, 5.41) is 11.3. The molecule has 1 heterocycles. The minimum atomic E-state index is -4.89. The molecule has 1 saturated carbocycles. The van der Waals surface area contributed by atoms with Gasteiger partial charge in [0.2, 0.25) is 5.91 Å². The van der Waals surface area contributed by atoms with Gasteiger partial charge in [-0.3, -0.25) is 9.69 Å². The zero-order chi connectivity index (χ0) is 17.9. The molecular formula is C15H14F4N2O3. The first-order valence-corrected chi connectivity index (χ1v) is 7.22. The summed E-state index contributed by atoms with van der Waals surface area (Å²) in [7, 11) is 0. The predicted octanol–water partition coefficient (Wildman–Crippen LogP) is 3.31. The van der Waals surface area contributed by atoms with Gasteiger partial charge in [-0.05, 0) is 30.4 Å². The maximum absolute atomic E-state index is 14.0. The lowest BCUT2D eigenvalue weighted by Crippen LogP contribution is -2.45. The van der Waals surface area contributed by atoms with Crippen molar-refractivity contribution in [3.8, 4) is 0 Å². The van der Waals surface area contributed by atoms with Gasteiger partial charge in [0, 0.05) is 6.04 Å². The monoisotopic (exact) mass is 346 g/mol. The van der Waals surface area contributed by atoms with Gasteiger partial charge in [-0.25, -0.2) is 9.18 Å². The Morgan fingerprint density at radius 1 is 1.33 bits per heavy atom. The summed E-state index contributed by atoms with van der Waals surface area (Å²) in [6, 6.07) is 1.23. The number of carbonyl (C=O) groups is 2. The average Bonchev–Trinajstić information content (AvgIpc) is 3.00. The normalized spacial score (nSPS) is 28.5. The Morgan fingerprint density at radius 2 is 2.00 bits per heavy atom. The maximum Gasteiger partial charge on any atom is 0.419 e. The van der Waals surface area contributed by atoms with E-state index in [1.807, 2.05) is 6.92 Å². The lowest BCUT2D eigenvalue weighted by molar-refractivity contribution is -0.140. The summed E-state index contributed by atoms with van der Waals surface area (Å²) in [5.41, 5.74) is -2.41. The number of hydrogen-bond donors (Lipinski definition) is 2. The standard InChI is InChI=1S/C15H14F4N2O3/c1-14-5-9(21(13(23)24)10(14)6-14)12(22)20-8-4-2-3-7(11(8)16)15(17,18)19/h2-4,9-10H,5-6H2,1H3,(H,20,22)(H,23,24)/t9-,10+,14-/m0/s1. The Labute approximate surface area is 134 Å². The fourth-order valence-corrected chi connectivity index (χ4v) is 3.34. The van der Waals surface area contributed by atoms with E-state index in [9.17, 15) is 32.3 Å². The van der Waals surface area contributed by atoms with Crippen LogP contribution in [-0.2, 0) is 11.0 Å². The van der Waals surface area contributed by atoms with Gasteiger partial charge in [0.15, 0.2) is 5.82 Å². The third kappa shape index (κ3) is 2.57. The molecule has 24 heavy (non-hydrogen) atoms. The Hall–Kier alpha value is -2.32. The van der Waals surface area contributed by atoms with E-state index in [-0.39, 0.29) is 17.9 Å². The molecule has 1 aromatic carbocycles. The summed E-state index contributed by atoms with van der Waals surface area (Å²) < 4.78 is 52.1. The van der Waals surface area contributed by atoms with Crippen LogP contribution in [0, 0.1) is 11.2 Å². The number of anilines is 1. The highest BCUT2D eigenvalue weighted by Crippen LogP contribution is 2.59. The van der Waals surface area contributed by atoms with Gasteiger partial charge in [-0.2, -0.15) is 13.2 Å². The molecule has 0 unspecified atom stereocenters. The largest absolute Gasteiger partial charge is 0.465 e. The SMILES string of the molecule is C[C@@]12C[C@@H](C(=O)Nc3cccc(C(F)(F)F)c3F)N(C(=O)O)[C@@H]1C2. The average molecular weight is 346 g/mol. The first-order chi connectivity index (χ1) is 11.0. The summed E-state index contributed by atoms with van der Waals surface area (Å²) in [6.45, 7) is 1.84. The molecule has 0 aromatic heterocycles. The van der Waals surface area contributed by atoms with Crippen LogP contribution in [0.1, 0.15) is 25.3 Å². The zero-order valence-electron chi connectivity index (χ0n) is 12.5. The zero-order valence-corrected chi connectivity index (χ0v) is 12.5. The van der Waals surface area contributed by atoms with E-state index in [0.29, 0.717) is 12.5 Å². The van der Waals surface area contributed by atoms with Gasteiger partial charge >= 0.3 is 12.3 Å². The van der Waals surface area contributed by atoms with E-state index < -0.39 is 41.3 Å². The number of piperidine rings is 1. The molecule has 1 saturated heterocycles. The van der Waals surface area contributed by atoms with Crippen molar-refractivity contribution in [3.63, 3.8) is 0 Å². The van der Waals surface area contributed by atoms with Crippen molar-refractivity contribution >= 4 is 17.7 Å². The number of nitrogens with zero attached hydrogens (tertiary/aromatic N) is 1. The molecule has 1 aromatic rings. The van der Waals surface area contributed by atoms with Crippen LogP contribution in [0.3, 0.4) is 0 Å². The van der Waals surface area contributed by atoms with Crippen LogP contribution in [0.5, 0.6) is 0 Å². The molecule has 0 bridgehead atoms. The molecule has 2 aliphatic rings. The third-order valence-corrected chi connectivity index (χ3v) is 4.72. The van der Waals surface area contributed by atoms with Gasteiger partial charge in [-0.15, -0.1) is 0 Å². The molecule has 2 N–H and O–H groups in total. The molecule has 130 valence electrons. The number of benzene rings is 1. The van der Waals surface area contributed by atoms with Crippen LogP contribution in [0.2, 0.25) is 0 Å². The number of carbonyl (C=O) groups excluding carboxylic acids is 1. The van der Waals surface area contributed by atoms with Crippen molar-refractivity contribution in [1.82, 2.24) is 4.90 Å². The number of rotatable bonds is 2. The lowest BCUT2D eigenvalue weighted by Gasteiger charge is -2.24. The number of hydrogen-bond acceptors (Lipinski definition) is 2. The highest BCUT2D eigenvalue weighted by molar-refractivity contribution is 5.97. The topological polar surface area (TPSA) is 69.6 Å². The number of amides is 2. The molecule has 9 heteroatoms. The second-order valence-electron chi connectivity index (χ2n) is 6.44. The molecule has 1 aliphatic heterocycles. The molecule has 3 rings (SSSR count). The Balaban J connectivity index is 1.82. The van der Waals surface area contributed by atoms with Crippen LogP contribution in [0.4, 0.5) is 28.0 Å². The van der Waals surface area contributed by atoms with E-state index >= 15 is 0 Å².